The Labute approximate surface area is 137 Å². The fourth-order valence-electron chi connectivity index (χ4n) is 2.57. The fraction of sp³-hybridized carbons (Fsp3) is 0.812. The number of hydrogen-bond donors (Lipinski definition) is 0. The lowest BCUT2D eigenvalue weighted by Gasteiger charge is -2.39. The molecule has 0 aromatic carbocycles. The number of rotatable bonds is 3. The van der Waals surface area contributed by atoms with Crippen molar-refractivity contribution in [2.24, 2.45) is 5.41 Å². The minimum Gasteiger partial charge on any atom is -0.465 e. The summed E-state index contributed by atoms with van der Waals surface area (Å²) in [5, 5.41) is 0. The molecule has 132 valence electrons. The van der Waals surface area contributed by atoms with Crippen molar-refractivity contribution in [2.75, 3.05) is 19.7 Å². The second-order valence-electron chi connectivity index (χ2n) is 7.67. The molecule has 1 fully saturated rings. The monoisotopic (exact) mass is 328 g/mol. The fourth-order valence-corrected chi connectivity index (χ4v) is 2.57. The Morgan fingerprint density at radius 1 is 1.17 bits per heavy atom. The van der Waals surface area contributed by atoms with E-state index in [1.165, 1.54) is 9.80 Å². The summed E-state index contributed by atoms with van der Waals surface area (Å²) in [4.78, 5) is 39.3. The van der Waals surface area contributed by atoms with E-state index in [9.17, 15) is 14.4 Å². The van der Waals surface area contributed by atoms with Crippen LogP contribution in [0.5, 0.6) is 0 Å². The summed E-state index contributed by atoms with van der Waals surface area (Å²) < 4.78 is 10.3. The first-order valence-electron chi connectivity index (χ1n) is 7.81. The average Bonchev–Trinajstić information content (AvgIpc) is 2.64. The molecule has 0 aromatic heterocycles. The Hall–Kier alpha value is -1.79. The molecule has 1 aliphatic heterocycles. The van der Waals surface area contributed by atoms with Gasteiger partial charge in [0.15, 0.2) is 0 Å². The van der Waals surface area contributed by atoms with Crippen LogP contribution in [0.1, 0.15) is 48.5 Å². The molecular weight excluding hydrogens is 300 g/mol. The van der Waals surface area contributed by atoms with Crippen molar-refractivity contribution in [3.63, 3.8) is 0 Å². The lowest BCUT2D eigenvalue weighted by Crippen LogP contribution is -2.52. The number of nitrogens with zero attached hydrogens (tertiary/aromatic N) is 2. The van der Waals surface area contributed by atoms with Crippen LogP contribution in [0.2, 0.25) is 0 Å². The molecule has 0 radical (unpaired) electrons. The van der Waals surface area contributed by atoms with Crippen LogP contribution in [0.3, 0.4) is 0 Å². The highest BCUT2D eigenvalue weighted by Gasteiger charge is 2.48. The number of esters is 1. The van der Waals surface area contributed by atoms with Gasteiger partial charge in [-0.05, 0) is 27.7 Å². The topological polar surface area (TPSA) is 76.2 Å². The third-order valence-electron chi connectivity index (χ3n) is 3.22. The number of carbonyl (C=O) groups excluding carboxylic acids is 3. The van der Waals surface area contributed by atoms with Crippen LogP contribution in [0.4, 0.5) is 4.79 Å². The number of hydrogen-bond acceptors (Lipinski definition) is 5. The third kappa shape index (κ3) is 5.11. The van der Waals surface area contributed by atoms with Gasteiger partial charge < -0.3 is 14.4 Å². The molecule has 2 amide bonds. The maximum atomic E-state index is 12.4. The van der Waals surface area contributed by atoms with Gasteiger partial charge in [-0.25, -0.2) is 4.79 Å². The molecule has 1 aliphatic rings. The lowest BCUT2D eigenvalue weighted by molar-refractivity contribution is -0.150. The lowest BCUT2D eigenvalue weighted by atomic mass is 9.91. The van der Waals surface area contributed by atoms with E-state index in [1.807, 2.05) is 20.8 Å². The molecule has 0 bridgehead atoms. The van der Waals surface area contributed by atoms with Crippen molar-refractivity contribution in [2.45, 2.75) is 60.2 Å². The van der Waals surface area contributed by atoms with Gasteiger partial charge in [-0.15, -0.1) is 0 Å². The molecule has 1 rings (SSSR count). The zero-order chi connectivity index (χ0) is 18.0. The predicted molar refractivity (Wildman–Crippen MR) is 84.5 cm³/mol. The molecule has 0 spiro atoms. The van der Waals surface area contributed by atoms with E-state index in [-0.39, 0.29) is 25.6 Å². The summed E-state index contributed by atoms with van der Waals surface area (Å²) in [6.07, 6.45) is -1.12. The molecule has 0 unspecified atom stereocenters. The molecule has 0 aromatic rings. The van der Waals surface area contributed by atoms with Crippen LogP contribution >= 0.6 is 0 Å². The first-order chi connectivity index (χ1) is 10.4. The Balaban J connectivity index is 3.02. The van der Waals surface area contributed by atoms with Gasteiger partial charge in [-0.1, -0.05) is 20.8 Å². The largest absolute Gasteiger partial charge is 0.465 e. The quantitative estimate of drug-likeness (QED) is 0.741. The molecule has 0 aliphatic carbocycles. The molecule has 1 heterocycles. The third-order valence-corrected chi connectivity index (χ3v) is 3.22. The van der Waals surface area contributed by atoms with Gasteiger partial charge in [-0.2, -0.15) is 0 Å². The second kappa shape index (κ2) is 6.76. The van der Waals surface area contributed by atoms with Gasteiger partial charge in [0.1, 0.15) is 24.9 Å². The van der Waals surface area contributed by atoms with E-state index in [0.29, 0.717) is 0 Å². The Morgan fingerprint density at radius 3 is 2.17 bits per heavy atom. The van der Waals surface area contributed by atoms with E-state index in [1.54, 1.807) is 27.7 Å². The van der Waals surface area contributed by atoms with Crippen molar-refractivity contribution in [1.29, 1.82) is 0 Å². The molecule has 23 heavy (non-hydrogen) atoms. The van der Waals surface area contributed by atoms with Crippen LogP contribution in [0, 0.1) is 5.41 Å². The highest BCUT2D eigenvalue weighted by Crippen LogP contribution is 2.32. The van der Waals surface area contributed by atoms with Crippen molar-refractivity contribution in [1.82, 2.24) is 9.80 Å². The van der Waals surface area contributed by atoms with Crippen molar-refractivity contribution in [3.8, 4) is 0 Å². The van der Waals surface area contributed by atoms with Crippen LogP contribution in [-0.4, -0.2) is 59.2 Å². The Morgan fingerprint density at radius 2 is 1.74 bits per heavy atom. The first-order valence-corrected chi connectivity index (χ1v) is 7.81. The first kappa shape index (κ1) is 19.3. The minimum absolute atomic E-state index is 0.101. The predicted octanol–water partition coefficient (Wildman–Crippen LogP) is 2.00. The highest BCUT2D eigenvalue weighted by molar-refractivity contribution is 5.89. The summed E-state index contributed by atoms with van der Waals surface area (Å²) in [6, 6.07) is 0. The van der Waals surface area contributed by atoms with Gasteiger partial charge in [0.05, 0.1) is 6.61 Å². The van der Waals surface area contributed by atoms with Crippen molar-refractivity contribution < 1.29 is 23.9 Å². The normalized spacial score (nSPS) is 19.1. The van der Waals surface area contributed by atoms with Crippen LogP contribution in [-0.2, 0) is 19.1 Å². The number of ether oxygens (including phenoxy) is 2. The molecule has 7 nitrogen and oxygen atoms in total. The highest BCUT2D eigenvalue weighted by atomic mass is 16.6. The van der Waals surface area contributed by atoms with E-state index >= 15 is 0 Å². The smallest absolute Gasteiger partial charge is 0.412 e. The zero-order valence-electron chi connectivity index (χ0n) is 15.1. The summed E-state index contributed by atoms with van der Waals surface area (Å²) in [5.74, 6) is -0.773. The maximum absolute atomic E-state index is 12.4. The van der Waals surface area contributed by atoms with E-state index in [0.717, 1.165) is 0 Å². The van der Waals surface area contributed by atoms with E-state index in [2.05, 4.69) is 0 Å². The Kier molecular flexibility index (Phi) is 5.66. The summed E-state index contributed by atoms with van der Waals surface area (Å²) in [5.41, 5.74) is -1.09. The summed E-state index contributed by atoms with van der Waals surface area (Å²) in [6.45, 7) is 12.7. The molecular formula is C16H28N2O5. The summed E-state index contributed by atoms with van der Waals surface area (Å²) in [7, 11) is 0. The van der Waals surface area contributed by atoms with Gasteiger partial charge in [0.25, 0.3) is 0 Å². The van der Waals surface area contributed by atoms with E-state index in [4.69, 9.17) is 9.47 Å². The number of amides is 2. The van der Waals surface area contributed by atoms with E-state index < -0.39 is 29.2 Å². The molecule has 0 saturated carbocycles. The molecule has 0 N–H and O–H groups in total. The Bertz CT molecular complexity index is 476. The minimum atomic E-state index is -0.656. The van der Waals surface area contributed by atoms with Gasteiger partial charge >= 0.3 is 12.1 Å². The van der Waals surface area contributed by atoms with Crippen molar-refractivity contribution >= 4 is 18.0 Å². The zero-order valence-corrected chi connectivity index (χ0v) is 15.1. The summed E-state index contributed by atoms with van der Waals surface area (Å²) >= 11 is 0. The number of carbonyl (C=O) groups is 3. The van der Waals surface area contributed by atoms with Crippen LogP contribution < -0.4 is 0 Å². The van der Waals surface area contributed by atoms with Gasteiger partial charge in [0.2, 0.25) is 5.91 Å². The van der Waals surface area contributed by atoms with Crippen molar-refractivity contribution in [3.05, 3.63) is 0 Å². The SMILES string of the molecule is CCOC(=O)CN1C(=O)CN(C(=O)OC(C)(C)C)[C@@H]1C(C)(C)C. The molecule has 7 heteroatoms. The van der Waals surface area contributed by atoms with Crippen LogP contribution in [0.15, 0.2) is 0 Å². The standard InChI is InChI=1S/C16H28N2O5/c1-8-22-12(20)10-17-11(19)9-18(13(17)15(2,3)4)14(21)23-16(5,6)7/h13H,8-10H2,1-7H3/t13-/m1/s1. The van der Waals surface area contributed by atoms with Gasteiger partial charge in [-0.3, -0.25) is 14.5 Å². The van der Waals surface area contributed by atoms with Crippen LogP contribution in [0.25, 0.3) is 0 Å². The molecule has 1 atom stereocenters. The second-order valence-corrected chi connectivity index (χ2v) is 7.67. The van der Waals surface area contributed by atoms with Gasteiger partial charge in [0, 0.05) is 5.41 Å². The molecule has 1 saturated heterocycles. The average molecular weight is 328 g/mol. The maximum Gasteiger partial charge on any atom is 0.412 e.